The zero-order valence-electron chi connectivity index (χ0n) is 19.1. The van der Waals surface area contributed by atoms with E-state index in [9.17, 15) is 18.8 Å². The van der Waals surface area contributed by atoms with Gasteiger partial charge in [-0.3, -0.25) is 19.1 Å². The average molecular weight is 459 g/mol. The Balaban J connectivity index is 1.78. The number of carbonyl (C=O) groups is 3. The second-order valence-electron chi connectivity index (χ2n) is 8.29. The second-order valence-corrected chi connectivity index (χ2v) is 8.29. The third-order valence-corrected chi connectivity index (χ3v) is 6.06. The molecule has 8 nitrogen and oxygen atoms in total. The number of aryl methyl sites for hydroxylation is 1. The Hall–Kier alpha value is -3.23. The van der Waals surface area contributed by atoms with Crippen LogP contribution in [0, 0.1) is 11.7 Å². The lowest BCUT2D eigenvalue weighted by molar-refractivity contribution is -0.139. The van der Waals surface area contributed by atoms with Crippen LogP contribution in [0.5, 0.6) is 0 Å². The van der Waals surface area contributed by atoms with Crippen LogP contribution >= 0.6 is 0 Å². The number of methoxy groups -OCH3 is 1. The quantitative estimate of drug-likeness (QED) is 0.466. The van der Waals surface area contributed by atoms with Gasteiger partial charge in [0.2, 0.25) is 5.91 Å². The van der Waals surface area contributed by atoms with Gasteiger partial charge in [-0.05, 0) is 49.4 Å². The van der Waals surface area contributed by atoms with Crippen LogP contribution in [0.1, 0.15) is 61.5 Å². The highest BCUT2D eigenvalue weighted by atomic mass is 19.1. The monoisotopic (exact) mass is 458 g/mol. The Labute approximate surface area is 192 Å². The summed E-state index contributed by atoms with van der Waals surface area (Å²) in [7, 11) is 1.27. The lowest BCUT2D eigenvalue weighted by atomic mass is 9.91. The first-order valence-electron chi connectivity index (χ1n) is 11.4. The van der Waals surface area contributed by atoms with Crippen molar-refractivity contribution in [2.75, 3.05) is 12.4 Å². The summed E-state index contributed by atoms with van der Waals surface area (Å²) in [4.78, 5) is 37.6. The number of anilines is 1. The van der Waals surface area contributed by atoms with Gasteiger partial charge in [-0.2, -0.15) is 5.10 Å². The van der Waals surface area contributed by atoms with Gasteiger partial charge in [-0.1, -0.05) is 31.7 Å². The van der Waals surface area contributed by atoms with Gasteiger partial charge in [-0.15, -0.1) is 0 Å². The third-order valence-electron chi connectivity index (χ3n) is 6.06. The number of carbonyl (C=O) groups excluding carboxylic acids is 3. The Bertz CT molecular complexity index is 983. The van der Waals surface area contributed by atoms with Crippen LogP contribution in [0.25, 0.3) is 0 Å². The maximum atomic E-state index is 14.7. The number of halogens is 1. The molecule has 1 aromatic carbocycles. The molecule has 1 saturated carbocycles. The van der Waals surface area contributed by atoms with E-state index in [1.54, 1.807) is 23.0 Å². The summed E-state index contributed by atoms with van der Waals surface area (Å²) < 4.78 is 20.8. The molecule has 2 N–H and O–H groups in total. The van der Waals surface area contributed by atoms with Crippen molar-refractivity contribution in [2.45, 2.75) is 64.5 Å². The molecule has 1 aromatic heterocycles. The molecule has 3 rings (SSSR count). The van der Waals surface area contributed by atoms with E-state index in [2.05, 4.69) is 20.5 Å². The highest BCUT2D eigenvalue weighted by molar-refractivity contribution is 6.00. The van der Waals surface area contributed by atoms with E-state index in [1.165, 1.54) is 19.2 Å². The first-order valence-corrected chi connectivity index (χ1v) is 11.4. The van der Waals surface area contributed by atoms with Crippen LogP contribution in [-0.4, -0.2) is 40.7 Å². The van der Waals surface area contributed by atoms with Gasteiger partial charge in [0, 0.05) is 12.7 Å². The van der Waals surface area contributed by atoms with Crippen LogP contribution in [0.3, 0.4) is 0 Å². The standard InChI is InChI=1S/C24H31FN4O4/c1-3-29-20(12-13-26-29)23(31)28-22(17-8-6-4-5-7-9-17)24(32)27-19-11-10-16(14-18(19)25)15-21(30)33-2/h10-14,17,22H,3-9,15H2,1-2H3,(H,27,32)(H,28,31). The summed E-state index contributed by atoms with van der Waals surface area (Å²) in [5.74, 6) is -2.02. The Morgan fingerprint density at radius 2 is 1.91 bits per heavy atom. The maximum Gasteiger partial charge on any atom is 0.309 e. The lowest BCUT2D eigenvalue weighted by Gasteiger charge is -2.26. The third kappa shape index (κ3) is 6.40. The summed E-state index contributed by atoms with van der Waals surface area (Å²) in [5, 5.41) is 9.64. The Morgan fingerprint density at radius 3 is 2.55 bits per heavy atom. The van der Waals surface area contributed by atoms with Crippen molar-refractivity contribution < 1.29 is 23.5 Å². The van der Waals surface area contributed by atoms with E-state index in [0.29, 0.717) is 17.8 Å². The number of rotatable bonds is 8. The van der Waals surface area contributed by atoms with Crippen molar-refractivity contribution >= 4 is 23.5 Å². The summed E-state index contributed by atoms with van der Waals surface area (Å²) >= 11 is 0. The van der Waals surface area contributed by atoms with E-state index in [-0.39, 0.29) is 23.9 Å². The number of amides is 2. The van der Waals surface area contributed by atoms with Gasteiger partial charge in [0.25, 0.3) is 5.91 Å². The molecule has 1 aliphatic carbocycles. The van der Waals surface area contributed by atoms with Crippen LogP contribution in [-0.2, 0) is 27.3 Å². The first-order chi connectivity index (χ1) is 15.9. The van der Waals surface area contributed by atoms with E-state index < -0.39 is 23.7 Å². The van der Waals surface area contributed by atoms with Crippen molar-refractivity contribution in [3.8, 4) is 0 Å². The highest BCUT2D eigenvalue weighted by Gasteiger charge is 2.31. The van der Waals surface area contributed by atoms with Crippen molar-refractivity contribution in [1.29, 1.82) is 0 Å². The molecule has 1 aliphatic rings. The van der Waals surface area contributed by atoms with Crippen LogP contribution < -0.4 is 10.6 Å². The smallest absolute Gasteiger partial charge is 0.309 e. The van der Waals surface area contributed by atoms with Crippen molar-refractivity contribution in [3.63, 3.8) is 0 Å². The fraction of sp³-hybridized carbons (Fsp3) is 0.500. The second kappa shape index (κ2) is 11.6. The van der Waals surface area contributed by atoms with Gasteiger partial charge in [0.15, 0.2) is 0 Å². The predicted octanol–water partition coefficient (Wildman–Crippen LogP) is 3.47. The van der Waals surface area contributed by atoms with Crippen molar-refractivity contribution in [2.24, 2.45) is 5.92 Å². The SMILES string of the molecule is CCn1nccc1C(=O)NC(C(=O)Nc1ccc(CC(=O)OC)cc1F)C1CCCCCC1. The van der Waals surface area contributed by atoms with Crippen molar-refractivity contribution in [3.05, 3.63) is 47.5 Å². The summed E-state index contributed by atoms with van der Waals surface area (Å²) in [6, 6.07) is 5.00. The minimum absolute atomic E-state index is 0.0000803. The molecule has 0 radical (unpaired) electrons. The van der Waals surface area contributed by atoms with Gasteiger partial charge in [0.1, 0.15) is 17.6 Å². The molecule has 33 heavy (non-hydrogen) atoms. The molecular formula is C24H31FN4O4. The molecule has 1 heterocycles. The van der Waals surface area contributed by atoms with Gasteiger partial charge in [-0.25, -0.2) is 4.39 Å². The minimum Gasteiger partial charge on any atom is -0.469 e. The normalized spacial score (nSPS) is 15.4. The molecule has 0 saturated heterocycles. The number of esters is 1. The van der Waals surface area contributed by atoms with Gasteiger partial charge >= 0.3 is 5.97 Å². The Morgan fingerprint density at radius 1 is 1.18 bits per heavy atom. The first kappa shape index (κ1) is 24.4. The average Bonchev–Trinajstić information content (AvgIpc) is 3.13. The molecule has 2 amide bonds. The molecule has 1 fully saturated rings. The number of nitrogens with zero attached hydrogens (tertiary/aromatic N) is 2. The molecule has 0 spiro atoms. The van der Waals surface area contributed by atoms with E-state index in [0.717, 1.165) is 38.5 Å². The summed E-state index contributed by atoms with van der Waals surface area (Å²) in [6.45, 7) is 2.41. The fourth-order valence-electron chi connectivity index (χ4n) is 4.25. The number of hydrogen-bond acceptors (Lipinski definition) is 5. The molecular weight excluding hydrogens is 427 g/mol. The highest BCUT2D eigenvalue weighted by Crippen LogP contribution is 2.27. The van der Waals surface area contributed by atoms with Gasteiger partial charge in [0.05, 0.1) is 19.2 Å². The minimum atomic E-state index is -0.801. The summed E-state index contributed by atoms with van der Waals surface area (Å²) in [5.41, 5.74) is 0.821. The molecule has 1 unspecified atom stereocenters. The van der Waals surface area contributed by atoms with Crippen molar-refractivity contribution in [1.82, 2.24) is 15.1 Å². The molecule has 2 aromatic rings. The number of benzene rings is 1. The van der Waals surface area contributed by atoms with E-state index in [1.807, 2.05) is 6.92 Å². The fourth-order valence-corrected chi connectivity index (χ4v) is 4.25. The number of nitrogens with one attached hydrogen (secondary N) is 2. The van der Waals surface area contributed by atoms with Crippen LogP contribution in [0.2, 0.25) is 0 Å². The topological polar surface area (TPSA) is 102 Å². The molecule has 0 aliphatic heterocycles. The Kier molecular flexibility index (Phi) is 8.57. The molecule has 0 bridgehead atoms. The molecule has 178 valence electrons. The van der Waals surface area contributed by atoms with Crippen LogP contribution in [0.15, 0.2) is 30.5 Å². The predicted molar refractivity (Wildman–Crippen MR) is 121 cm³/mol. The van der Waals surface area contributed by atoms with Crippen LogP contribution in [0.4, 0.5) is 10.1 Å². The largest absolute Gasteiger partial charge is 0.469 e. The van der Waals surface area contributed by atoms with E-state index in [4.69, 9.17) is 0 Å². The zero-order chi connectivity index (χ0) is 23.8. The zero-order valence-corrected chi connectivity index (χ0v) is 19.1. The number of hydrogen-bond donors (Lipinski definition) is 2. The van der Waals surface area contributed by atoms with Gasteiger partial charge < -0.3 is 15.4 Å². The number of ether oxygens (including phenoxy) is 1. The molecule has 9 heteroatoms. The number of aromatic nitrogens is 2. The summed E-state index contributed by atoms with van der Waals surface area (Å²) in [6.07, 6.45) is 7.26. The lowest BCUT2D eigenvalue weighted by Crippen LogP contribution is -2.49. The maximum absolute atomic E-state index is 14.7. The van der Waals surface area contributed by atoms with E-state index >= 15 is 0 Å². The molecule has 1 atom stereocenters.